The lowest BCUT2D eigenvalue weighted by molar-refractivity contribution is -0.126. The van der Waals surface area contributed by atoms with Gasteiger partial charge in [0.25, 0.3) is 0 Å². The highest BCUT2D eigenvalue weighted by molar-refractivity contribution is 5.85. The van der Waals surface area contributed by atoms with Gasteiger partial charge in [0.15, 0.2) is 0 Å². The number of amides is 1. The molecule has 1 aromatic rings. The standard InChI is InChI=1S/C18H28N2O.ClH/c1-4-16(18(2,3)15-10-6-5-7-11-15)20-17(21)14-9-8-12-19-13-14;/h5-7,10-11,14,16,19H,4,8-9,12-13H2,1-3H3,(H,20,21);1H. The summed E-state index contributed by atoms with van der Waals surface area (Å²) >= 11 is 0. The van der Waals surface area contributed by atoms with Crippen LogP contribution in [0.4, 0.5) is 0 Å². The number of benzene rings is 1. The van der Waals surface area contributed by atoms with Gasteiger partial charge in [-0.1, -0.05) is 51.1 Å². The van der Waals surface area contributed by atoms with Crippen LogP contribution < -0.4 is 10.6 Å². The number of hydrogen-bond donors (Lipinski definition) is 2. The van der Waals surface area contributed by atoms with Crippen molar-refractivity contribution in [2.75, 3.05) is 13.1 Å². The van der Waals surface area contributed by atoms with Crippen molar-refractivity contribution in [1.82, 2.24) is 10.6 Å². The van der Waals surface area contributed by atoms with E-state index in [-0.39, 0.29) is 35.7 Å². The zero-order valence-corrected chi connectivity index (χ0v) is 14.7. The summed E-state index contributed by atoms with van der Waals surface area (Å²) in [5, 5.41) is 6.61. The van der Waals surface area contributed by atoms with Crippen LogP contribution in [0.5, 0.6) is 0 Å². The summed E-state index contributed by atoms with van der Waals surface area (Å²) < 4.78 is 0. The summed E-state index contributed by atoms with van der Waals surface area (Å²) in [6.45, 7) is 8.44. The second kappa shape index (κ2) is 8.54. The van der Waals surface area contributed by atoms with Crippen LogP contribution in [0.25, 0.3) is 0 Å². The smallest absolute Gasteiger partial charge is 0.224 e. The third-order valence-corrected chi connectivity index (χ3v) is 4.78. The average Bonchev–Trinajstić information content (AvgIpc) is 2.53. The van der Waals surface area contributed by atoms with Crippen LogP contribution in [-0.4, -0.2) is 25.0 Å². The number of rotatable bonds is 5. The Morgan fingerprint density at radius 2 is 2.05 bits per heavy atom. The molecule has 1 heterocycles. The molecule has 1 fully saturated rings. The van der Waals surface area contributed by atoms with Crippen molar-refractivity contribution in [2.45, 2.75) is 51.5 Å². The van der Waals surface area contributed by atoms with Gasteiger partial charge in [-0.3, -0.25) is 4.79 Å². The number of halogens is 1. The summed E-state index contributed by atoms with van der Waals surface area (Å²) in [6, 6.07) is 10.6. The first-order valence-corrected chi connectivity index (χ1v) is 8.12. The second-order valence-corrected chi connectivity index (χ2v) is 6.60. The van der Waals surface area contributed by atoms with E-state index in [2.05, 4.69) is 55.7 Å². The molecule has 3 nitrogen and oxygen atoms in total. The Labute approximate surface area is 140 Å². The van der Waals surface area contributed by atoms with E-state index in [0.29, 0.717) is 0 Å². The van der Waals surface area contributed by atoms with Gasteiger partial charge in [0.2, 0.25) is 5.91 Å². The van der Waals surface area contributed by atoms with E-state index in [9.17, 15) is 4.79 Å². The maximum atomic E-state index is 12.5. The SMILES string of the molecule is CCC(NC(=O)C1CCCNC1)C(C)(C)c1ccccc1.Cl. The van der Waals surface area contributed by atoms with Gasteiger partial charge in [0, 0.05) is 18.0 Å². The number of carbonyl (C=O) groups excluding carboxylic acids is 1. The minimum atomic E-state index is -0.0617. The molecule has 0 aromatic heterocycles. The van der Waals surface area contributed by atoms with E-state index in [4.69, 9.17) is 0 Å². The molecule has 22 heavy (non-hydrogen) atoms. The number of carbonyl (C=O) groups is 1. The fraction of sp³-hybridized carbons (Fsp3) is 0.611. The van der Waals surface area contributed by atoms with Gasteiger partial charge < -0.3 is 10.6 Å². The first-order valence-electron chi connectivity index (χ1n) is 8.12. The van der Waals surface area contributed by atoms with Crippen molar-refractivity contribution in [3.05, 3.63) is 35.9 Å². The van der Waals surface area contributed by atoms with E-state index in [1.165, 1.54) is 5.56 Å². The van der Waals surface area contributed by atoms with E-state index < -0.39 is 0 Å². The molecule has 0 saturated carbocycles. The summed E-state index contributed by atoms with van der Waals surface area (Å²) in [5.74, 6) is 0.331. The highest BCUT2D eigenvalue weighted by atomic mass is 35.5. The Morgan fingerprint density at radius 3 is 2.59 bits per heavy atom. The van der Waals surface area contributed by atoms with E-state index in [0.717, 1.165) is 32.4 Å². The van der Waals surface area contributed by atoms with Gasteiger partial charge in [0.05, 0.1) is 5.92 Å². The Balaban J connectivity index is 0.00000242. The van der Waals surface area contributed by atoms with Crippen LogP contribution in [0.2, 0.25) is 0 Å². The summed E-state index contributed by atoms with van der Waals surface area (Å²) in [4.78, 5) is 12.5. The second-order valence-electron chi connectivity index (χ2n) is 6.60. The fourth-order valence-electron chi connectivity index (χ4n) is 3.23. The molecule has 124 valence electrons. The Hall–Kier alpha value is -1.06. The van der Waals surface area contributed by atoms with Gasteiger partial charge >= 0.3 is 0 Å². The van der Waals surface area contributed by atoms with E-state index in [1.54, 1.807) is 0 Å². The Kier molecular flexibility index (Phi) is 7.37. The minimum Gasteiger partial charge on any atom is -0.352 e. The zero-order valence-electron chi connectivity index (χ0n) is 13.9. The van der Waals surface area contributed by atoms with Crippen molar-refractivity contribution < 1.29 is 4.79 Å². The molecule has 0 bridgehead atoms. The topological polar surface area (TPSA) is 41.1 Å². The van der Waals surface area contributed by atoms with Crippen LogP contribution in [0.3, 0.4) is 0 Å². The molecule has 2 N–H and O–H groups in total. The van der Waals surface area contributed by atoms with Crippen LogP contribution in [0.15, 0.2) is 30.3 Å². The molecule has 1 aliphatic heterocycles. The molecule has 4 heteroatoms. The normalized spacial score (nSPS) is 19.9. The van der Waals surface area contributed by atoms with Gasteiger partial charge in [-0.2, -0.15) is 0 Å². The van der Waals surface area contributed by atoms with Crippen molar-refractivity contribution >= 4 is 18.3 Å². The predicted octanol–water partition coefficient (Wildman–Crippen LogP) is 3.28. The third kappa shape index (κ3) is 4.47. The van der Waals surface area contributed by atoms with Crippen molar-refractivity contribution in [2.24, 2.45) is 5.92 Å². The molecular formula is C18H29ClN2O. The van der Waals surface area contributed by atoms with Gasteiger partial charge in [0.1, 0.15) is 0 Å². The van der Waals surface area contributed by atoms with Crippen molar-refractivity contribution in [3.63, 3.8) is 0 Å². The monoisotopic (exact) mass is 324 g/mol. The Morgan fingerprint density at radius 1 is 1.36 bits per heavy atom. The molecule has 0 radical (unpaired) electrons. The lowest BCUT2D eigenvalue weighted by Crippen LogP contribution is -2.51. The molecule has 2 unspecified atom stereocenters. The van der Waals surface area contributed by atoms with Crippen LogP contribution >= 0.6 is 12.4 Å². The van der Waals surface area contributed by atoms with E-state index >= 15 is 0 Å². The number of nitrogens with one attached hydrogen (secondary N) is 2. The molecule has 2 rings (SSSR count). The first-order chi connectivity index (χ1) is 10.1. The van der Waals surface area contributed by atoms with Crippen LogP contribution in [-0.2, 0) is 10.2 Å². The average molecular weight is 325 g/mol. The van der Waals surface area contributed by atoms with Crippen LogP contribution in [0.1, 0.15) is 45.6 Å². The van der Waals surface area contributed by atoms with Gasteiger partial charge in [-0.15, -0.1) is 12.4 Å². The summed E-state index contributed by atoms with van der Waals surface area (Å²) in [7, 11) is 0. The quantitative estimate of drug-likeness (QED) is 0.872. The van der Waals surface area contributed by atoms with E-state index in [1.807, 2.05) is 6.07 Å². The number of hydrogen-bond acceptors (Lipinski definition) is 2. The van der Waals surface area contributed by atoms with Gasteiger partial charge in [-0.25, -0.2) is 0 Å². The van der Waals surface area contributed by atoms with Crippen LogP contribution in [0, 0.1) is 5.92 Å². The molecule has 1 amide bonds. The maximum Gasteiger partial charge on any atom is 0.224 e. The Bertz CT molecular complexity index is 455. The molecule has 0 aliphatic carbocycles. The lowest BCUT2D eigenvalue weighted by Gasteiger charge is -2.36. The predicted molar refractivity (Wildman–Crippen MR) is 94.5 cm³/mol. The van der Waals surface area contributed by atoms with Crippen molar-refractivity contribution in [1.29, 1.82) is 0 Å². The maximum absolute atomic E-state index is 12.5. The molecule has 0 spiro atoms. The summed E-state index contributed by atoms with van der Waals surface area (Å²) in [5.41, 5.74) is 1.22. The molecule has 1 aromatic carbocycles. The fourth-order valence-corrected chi connectivity index (χ4v) is 3.23. The molecule has 1 aliphatic rings. The minimum absolute atomic E-state index is 0. The van der Waals surface area contributed by atoms with Gasteiger partial charge in [-0.05, 0) is 31.4 Å². The molecular weight excluding hydrogens is 296 g/mol. The third-order valence-electron chi connectivity index (χ3n) is 4.78. The zero-order chi connectivity index (χ0) is 15.3. The lowest BCUT2D eigenvalue weighted by atomic mass is 9.76. The highest BCUT2D eigenvalue weighted by Gasteiger charge is 2.33. The molecule has 1 saturated heterocycles. The van der Waals surface area contributed by atoms with Crippen molar-refractivity contribution in [3.8, 4) is 0 Å². The highest BCUT2D eigenvalue weighted by Crippen LogP contribution is 2.29. The molecule has 2 atom stereocenters. The first kappa shape index (κ1) is 19.0. The largest absolute Gasteiger partial charge is 0.352 e. The summed E-state index contributed by atoms with van der Waals surface area (Å²) in [6.07, 6.45) is 3.03. The number of piperidine rings is 1.